The molecule has 4 rings (SSSR count). The molecule has 2 aromatic rings. The van der Waals surface area contributed by atoms with Gasteiger partial charge in [0.2, 0.25) is 0 Å². The number of nitrogens with zero attached hydrogens (tertiary/aromatic N) is 3. The zero-order valence-electron chi connectivity index (χ0n) is 17.2. The molecule has 2 aromatic carbocycles. The molecule has 0 atom stereocenters. The Kier molecular flexibility index (Phi) is 5.86. The van der Waals surface area contributed by atoms with Crippen LogP contribution in [-0.4, -0.2) is 63.9 Å². The van der Waals surface area contributed by atoms with E-state index in [1.54, 1.807) is 42.0 Å². The summed E-state index contributed by atoms with van der Waals surface area (Å²) in [6.07, 6.45) is 1.32. The molecule has 0 unspecified atom stereocenters. The lowest BCUT2D eigenvalue weighted by molar-refractivity contribution is -0.384. The molecule has 0 aromatic heterocycles. The predicted molar refractivity (Wildman–Crippen MR) is 117 cm³/mol. The van der Waals surface area contributed by atoms with E-state index < -0.39 is 4.92 Å². The molecule has 2 aliphatic rings. The van der Waals surface area contributed by atoms with Crippen LogP contribution in [0.25, 0.3) is 0 Å². The fourth-order valence-electron chi connectivity index (χ4n) is 4.22. The maximum Gasteiger partial charge on any atom is 0.270 e. The van der Waals surface area contributed by atoms with E-state index in [-0.39, 0.29) is 22.4 Å². The van der Waals surface area contributed by atoms with Gasteiger partial charge in [-0.05, 0) is 37.1 Å². The summed E-state index contributed by atoms with van der Waals surface area (Å²) in [6, 6.07) is 13.0. The normalized spacial score (nSPS) is 17.6. The highest BCUT2D eigenvalue weighted by atomic mass is 32.2. The molecule has 162 valence electrons. The Bertz CT molecular complexity index is 1020. The van der Waals surface area contributed by atoms with E-state index in [0.717, 1.165) is 5.75 Å². The van der Waals surface area contributed by atoms with Crippen molar-refractivity contribution >= 4 is 29.3 Å². The minimum atomic E-state index is -0.501. The maximum absolute atomic E-state index is 13.2. The molecule has 2 saturated heterocycles. The highest BCUT2D eigenvalue weighted by Crippen LogP contribution is 2.44. The molecule has 2 heterocycles. The number of carbonyl (C=O) groups is 2. The molecule has 2 aliphatic heterocycles. The Labute approximate surface area is 184 Å². The first kappa shape index (κ1) is 21.2. The SMILES string of the molecule is COc1cccc(C(=O)N2CCSC23CCN(C(=O)c2cccc([N+](=O)[O-])c2)CC3)c1. The number of hydrogen-bond donors (Lipinski definition) is 0. The molecule has 1 spiro atoms. The van der Waals surface area contributed by atoms with Crippen LogP contribution in [0.2, 0.25) is 0 Å². The summed E-state index contributed by atoms with van der Waals surface area (Å²) in [5.41, 5.74) is 0.811. The third kappa shape index (κ3) is 4.10. The van der Waals surface area contributed by atoms with Gasteiger partial charge in [-0.2, -0.15) is 0 Å². The molecule has 9 heteroatoms. The third-order valence-corrected chi connectivity index (χ3v) is 7.43. The Morgan fingerprint density at radius 2 is 1.71 bits per heavy atom. The molecular formula is C22H23N3O5S. The first-order valence-corrected chi connectivity index (χ1v) is 11.1. The van der Waals surface area contributed by atoms with Gasteiger partial charge < -0.3 is 14.5 Å². The van der Waals surface area contributed by atoms with Crippen molar-refractivity contribution in [3.05, 3.63) is 69.8 Å². The highest BCUT2D eigenvalue weighted by Gasteiger charge is 2.47. The van der Waals surface area contributed by atoms with Crippen LogP contribution < -0.4 is 4.74 Å². The van der Waals surface area contributed by atoms with Crippen LogP contribution in [-0.2, 0) is 0 Å². The molecule has 0 bridgehead atoms. The summed E-state index contributed by atoms with van der Waals surface area (Å²) < 4.78 is 5.25. The molecule has 0 N–H and O–H groups in total. The van der Waals surface area contributed by atoms with Gasteiger partial charge in [-0.25, -0.2) is 0 Å². The zero-order valence-corrected chi connectivity index (χ0v) is 18.0. The van der Waals surface area contributed by atoms with E-state index in [9.17, 15) is 19.7 Å². The standard InChI is InChI=1S/C22H23N3O5S/c1-30-19-7-3-5-17(15-19)21(27)24-12-13-31-22(24)8-10-23(11-9-22)20(26)16-4-2-6-18(14-16)25(28)29/h2-7,14-15H,8-13H2,1H3. The van der Waals surface area contributed by atoms with E-state index in [4.69, 9.17) is 4.74 Å². The molecule has 2 amide bonds. The fraction of sp³-hybridized carbons (Fsp3) is 0.364. The largest absolute Gasteiger partial charge is 0.497 e. The maximum atomic E-state index is 13.2. The van der Waals surface area contributed by atoms with Crippen molar-refractivity contribution in [3.63, 3.8) is 0 Å². The summed E-state index contributed by atoms with van der Waals surface area (Å²) in [5, 5.41) is 11.0. The average molecular weight is 442 g/mol. The van der Waals surface area contributed by atoms with Crippen LogP contribution in [0.15, 0.2) is 48.5 Å². The number of piperidine rings is 1. The van der Waals surface area contributed by atoms with Crippen molar-refractivity contribution in [2.75, 3.05) is 32.5 Å². The van der Waals surface area contributed by atoms with Gasteiger partial charge in [-0.3, -0.25) is 19.7 Å². The lowest BCUT2D eigenvalue weighted by atomic mass is 10.00. The van der Waals surface area contributed by atoms with Crippen LogP contribution in [0.5, 0.6) is 5.75 Å². The minimum Gasteiger partial charge on any atom is -0.497 e. The van der Waals surface area contributed by atoms with E-state index in [0.29, 0.717) is 49.4 Å². The number of amides is 2. The summed E-state index contributed by atoms with van der Waals surface area (Å²) in [5.74, 6) is 1.26. The number of likely N-dealkylation sites (tertiary alicyclic amines) is 1. The third-order valence-electron chi connectivity index (χ3n) is 5.88. The lowest BCUT2D eigenvalue weighted by Gasteiger charge is -2.44. The quantitative estimate of drug-likeness (QED) is 0.533. The van der Waals surface area contributed by atoms with E-state index in [1.165, 1.54) is 18.2 Å². The Morgan fingerprint density at radius 3 is 2.39 bits per heavy atom. The van der Waals surface area contributed by atoms with Gasteiger partial charge in [-0.15, -0.1) is 11.8 Å². The number of ether oxygens (including phenoxy) is 1. The first-order valence-electron chi connectivity index (χ1n) is 10.1. The molecule has 31 heavy (non-hydrogen) atoms. The number of benzene rings is 2. The van der Waals surface area contributed by atoms with Gasteiger partial charge in [0.1, 0.15) is 5.75 Å². The van der Waals surface area contributed by atoms with Crippen molar-refractivity contribution < 1.29 is 19.2 Å². The van der Waals surface area contributed by atoms with Crippen molar-refractivity contribution in [1.29, 1.82) is 0 Å². The van der Waals surface area contributed by atoms with Crippen LogP contribution in [0.3, 0.4) is 0 Å². The minimum absolute atomic E-state index is 0.0256. The molecule has 2 fully saturated rings. The number of methoxy groups -OCH3 is 1. The van der Waals surface area contributed by atoms with Gasteiger partial charge in [-0.1, -0.05) is 12.1 Å². The number of nitro benzene ring substituents is 1. The number of rotatable bonds is 4. The molecule has 0 aliphatic carbocycles. The zero-order chi connectivity index (χ0) is 22.0. The Hall–Kier alpha value is -3.07. The second kappa shape index (κ2) is 8.58. The summed E-state index contributed by atoms with van der Waals surface area (Å²) in [4.78, 5) is 40.0. The lowest BCUT2D eigenvalue weighted by Crippen LogP contribution is -2.53. The Morgan fingerprint density at radius 1 is 1.03 bits per heavy atom. The molecular weight excluding hydrogens is 418 g/mol. The van der Waals surface area contributed by atoms with Crippen LogP contribution in [0.4, 0.5) is 5.69 Å². The van der Waals surface area contributed by atoms with Crippen LogP contribution >= 0.6 is 11.8 Å². The first-order chi connectivity index (χ1) is 14.9. The van der Waals surface area contributed by atoms with Crippen molar-refractivity contribution in [3.8, 4) is 5.75 Å². The topological polar surface area (TPSA) is 93.0 Å². The van der Waals surface area contributed by atoms with Crippen molar-refractivity contribution in [1.82, 2.24) is 9.80 Å². The summed E-state index contributed by atoms with van der Waals surface area (Å²) >= 11 is 1.77. The second-order valence-corrected chi connectivity index (χ2v) is 9.04. The van der Waals surface area contributed by atoms with Crippen molar-refractivity contribution in [2.24, 2.45) is 0 Å². The fourth-order valence-corrected chi connectivity index (χ4v) is 5.67. The monoisotopic (exact) mass is 441 g/mol. The van der Waals surface area contributed by atoms with Gasteiger partial charge in [0.15, 0.2) is 0 Å². The number of carbonyl (C=O) groups excluding carboxylic acids is 2. The molecule has 8 nitrogen and oxygen atoms in total. The van der Waals surface area contributed by atoms with Gasteiger partial charge >= 0.3 is 0 Å². The number of nitro groups is 1. The predicted octanol–water partition coefficient (Wildman–Crippen LogP) is 3.42. The summed E-state index contributed by atoms with van der Waals surface area (Å²) in [6.45, 7) is 1.66. The smallest absolute Gasteiger partial charge is 0.270 e. The second-order valence-electron chi connectivity index (χ2n) is 7.58. The number of hydrogen-bond acceptors (Lipinski definition) is 6. The van der Waals surface area contributed by atoms with Crippen molar-refractivity contribution in [2.45, 2.75) is 17.7 Å². The molecule has 0 saturated carbocycles. The average Bonchev–Trinajstić information content (AvgIpc) is 3.21. The molecule has 0 radical (unpaired) electrons. The van der Waals surface area contributed by atoms with E-state index in [2.05, 4.69) is 0 Å². The van der Waals surface area contributed by atoms with Gasteiger partial charge in [0.25, 0.3) is 17.5 Å². The highest BCUT2D eigenvalue weighted by molar-refractivity contribution is 8.00. The summed E-state index contributed by atoms with van der Waals surface area (Å²) in [7, 11) is 1.57. The van der Waals surface area contributed by atoms with Gasteiger partial charge in [0.05, 0.1) is 16.9 Å². The van der Waals surface area contributed by atoms with E-state index in [1.807, 2.05) is 17.0 Å². The Balaban J connectivity index is 1.47. The van der Waals surface area contributed by atoms with E-state index >= 15 is 0 Å². The number of non-ortho nitro benzene ring substituents is 1. The van der Waals surface area contributed by atoms with Crippen LogP contribution in [0.1, 0.15) is 33.6 Å². The number of thioether (sulfide) groups is 1. The van der Waals surface area contributed by atoms with Gasteiger partial charge in [0, 0.05) is 48.6 Å². The van der Waals surface area contributed by atoms with Crippen LogP contribution in [0, 0.1) is 10.1 Å².